The minimum absolute atomic E-state index is 0.0407. The minimum atomic E-state index is -0.840. The Morgan fingerprint density at radius 1 is 1.27 bits per heavy atom. The van der Waals surface area contributed by atoms with Crippen LogP contribution in [-0.2, 0) is 13.5 Å². The van der Waals surface area contributed by atoms with Crippen molar-refractivity contribution in [1.29, 1.82) is 10.5 Å². The maximum Gasteiger partial charge on any atom is 0.300 e. The number of nitriles is 2. The number of aryl methyl sites for hydroxylation is 2. The predicted octanol–water partition coefficient (Wildman–Crippen LogP) is 1.50. The summed E-state index contributed by atoms with van der Waals surface area (Å²) in [6, 6.07) is 11.5. The number of benzene rings is 1. The van der Waals surface area contributed by atoms with Gasteiger partial charge in [0.1, 0.15) is 28.5 Å². The van der Waals surface area contributed by atoms with Gasteiger partial charge in [0.25, 0.3) is 5.69 Å². The molecule has 2 heterocycles. The van der Waals surface area contributed by atoms with E-state index in [0.29, 0.717) is 11.1 Å². The Balaban J connectivity index is 2.03. The predicted molar refractivity (Wildman–Crippen MR) is 105 cm³/mol. The third kappa shape index (κ3) is 3.81. The highest BCUT2D eigenvalue weighted by atomic mass is 32.2. The number of carbonyl (C=O) groups is 1. The standard InChI is InChI=1S/C20H16N6O3S/c1-3-11-4-6-12(7-5-11)16-13(8-21)18(23)24-19(14(16)9-22)30-10-15(27)17-20(28)29-25-26(17)2/h4-7H,3,10H2,1-2H3,(H2-,23,24,25,27,28). The number of pyridine rings is 1. The fraction of sp³-hybridized carbons (Fsp3) is 0.200. The molecular weight excluding hydrogens is 404 g/mol. The van der Waals surface area contributed by atoms with Gasteiger partial charge in [-0.25, -0.2) is 4.98 Å². The van der Waals surface area contributed by atoms with E-state index >= 15 is 0 Å². The van der Waals surface area contributed by atoms with Crippen LogP contribution in [0.4, 0.5) is 5.82 Å². The van der Waals surface area contributed by atoms with E-state index in [0.717, 1.165) is 28.4 Å². The van der Waals surface area contributed by atoms with Crippen molar-refractivity contribution in [1.82, 2.24) is 10.3 Å². The zero-order valence-corrected chi connectivity index (χ0v) is 17.0. The molecule has 9 nitrogen and oxygen atoms in total. The van der Waals surface area contributed by atoms with E-state index in [1.165, 1.54) is 7.05 Å². The molecule has 3 aromatic rings. The minimum Gasteiger partial charge on any atom is -0.539 e. The van der Waals surface area contributed by atoms with Gasteiger partial charge in [0.2, 0.25) is 5.78 Å². The van der Waals surface area contributed by atoms with E-state index in [1.54, 1.807) is 0 Å². The van der Waals surface area contributed by atoms with E-state index in [1.807, 2.05) is 37.3 Å². The number of thioether (sulfide) groups is 1. The lowest BCUT2D eigenvalue weighted by Crippen LogP contribution is -2.37. The summed E-state index contributed by atoms with van der Waals surface area (Å²) in [4.78, 5) is 16.6. The molecule has 0 aliphatic carbocycles. The lowest BCUT2D eigenvalue weighted by atomic mass is 9.96. The molecule has 0 aliphatic heterocycles. The van der Waals surface area contributed by atoms with Gasteiger partial charge < -0.3 is 15.4 Å². The number of nitrogen functional groups attached to an aromatic ring is 1. The van der Waals surface area contributed by atoms with Crippen LogP contribution >= 0.6 is 11.8 Å². The van der Waals surface area contributed by atoms with Gasteiger partial charge in [-0.15, -0.1) is 0 Å². The van der Waals surface area contributed by atoms with Crippen LogP contribution in [0.5, 0.6) is 5.95 Å². The largest absolute Gasteiger partial charge is 0.539 e. The first-order valence-corrected chi connectivity index (χ1v) is 9.81. The van der Waals surface area contributed by atoms with E-state index < -0.39 is 11.7 Å². The summed E-state index contributed by atoms with van der Waals surface area (Å²) in [6.45, 7) is 2.02. The highest BCUT2D eigenvalue weighted by molar-refractivity contribution is 8.00. The third-order valence-corrected chi connectivity index (χ3v) is 5.41. The maximum atomic E-state index is 12.4. The Morgan fingerprint density at radius 2 is 1.93 bits per heavy atom. The number of Topliss-reactive ketones (excluding diaryl/α,β-unsaturated/α-hetero) is 1. The molecule has 0 amide bonds. The molecule has 0 bridgehead atoms. The van der Waals surface area contributed by atoms with Crippen LogP contribution in [0.25, 0.3) is 11.1 Å². The molecule has 0 atom stereocenters. The highest BCUT2D eigenvalue weighted by Gasteiger charge is 2.25. The van der Waals surface area contributed by atoms with Crippen molar-refractivity contribution in [3.05, 3.63) is 46.6 Å². The normalized spacial score (nSPS) is 10.4. The molecule has 0 saturated heterocycles. The fourth-order valence-corrected chi connectivity index (χ4v) is 3.77. The monoisotopic (exact) mass is 420 g/mol. The van der Waals surface area contributed by atoms with Crippen LogP contribution in [0.3, 0.4) is 0 Å². The number of aromatic nitrogens is 3. The molecular formula is C20H16N6O3S. The summed E-state index contributed by atoms with van der Waals surface area (Å²) in [5.74, 6) is -1.60. The van der Waals surface area contributed by atoms with E-state index in [-0.39, 0.29) is 33.4 Å². The highest BCUT2D eigenvalue weighted by Crippen LogP contribution is 2.36. The SMILES string of the molecule is CCc1ccc(-c2c(C#N)c(N)nc(SCC(=O)c3c([O-])on[n+]3C)c2C#N)cc1. The smallest absolute Gasteiger partial charge is 0.300 e. The van der Waals surface area contributed by atoms with Crippen molar-refractivity contribution >= 4 is 23.4 Å². The average molecular weight is 420 g/mol. The Bertz CT molecular complexity index is 1190. The number of ketones is 1. The summed E-state index contributed by atoms with van der Waals surface area (Å²) in [5.41, 5.74) is 8.12. The second-order valence-electron chi connectivity index (χ2n) is 6.25. The first-order valence-electron chi connectivity index (χ1n) is 8.83. The van der Waals surface area contributed by atoms with Gasteiger partial charge in [0, 0.05) is 5.56 Å². The van der Waals surface area contributed by atoms with Crippen LogP contribution in [0.15, 0.2) is 33.8 Å². The average Bonchev–Trinajstić information content (AvgIpc) is 3.09. The molecule has 150 valence electrons. The van der Waals surface area contributed by atoms with Crippen molar-refractivity contribution in [2.45, 2.75) is 18.4 Å². The summed E-state index contributed by atoms with van der Waals surface area (Å²) in [7, 11) is 1.42. The number of nitrogens with two attached hydrogens (primary N) is 1. The lowest BCUT2D eigenvalue weighted by Gasteiger charge is -2.13. The molecule has 0 unspecified atom stereocenters. The van der Waals surface area contributed by atoms with Gasteiger partial charge >= 0.3 is 0 Å². The molecule has 2 aromatic heterocycles. The van der Waals surface area contributed by atoms with E-state index in [2.05, 4.69) is 20.8 Å². The van der Waals surface area contributed by atoms with Gasteiger partial charge in [-0.1, -0.05) is 47.6 Å². The van der Waals surface area contributed by atoms with Crippen molar-refractivity contribution in [2.75, 3.05) is 11.5 Å². The first kappa shape index (κ1) is 20.8. The topological polar surface area (TPSA) is 157 Å². The Morgan fingerprint density at radius 3 is 2.47 bits per heavy atom. The van der Waals surface area contributed by atoms with E-state index in [4.69, 9.17) is 5.73 Å². The molecule has 2 N–H and O–H groups in total. The first-order chi connectivity index (χ1) is 14.4. The Kier molecular flexibility index (Phi) is 6.00. The summed E-state index contributed by atoms with van der Waals surface area (Å²) in [6.07, 6.45) is 0.847. The molecule has 0 spiro atoms. The number of carbonyl (C=O) groups excluding carboxylic acids is 1. The number of anilines is 1. The van der Waals surface area contributed by atoms with Gasteiger partial charge in [0.15, 0.2) is 13.0 Å². The Hall–Kier alpha value is -3.89. The number of rotatable bonds is 6. The molecule has 0 aliphatic rings. The molecule has 0 saturated carbocycles. The van der Waals surface area contributed by atoms with Crippen molar-refractivity contribution < 1.29 is 19.1 Å². The van der Waals surface area contributed by atoms with Crippen molar-refractivity contribution in [3.8, 4) is 29.2 Å². The third-order valence-electron chi connectivity index (χ3n) is 4.43. The molecule has 10 heteroatoms. The molecule has 0 radical (unpaired) electrons. The van der Waals surface area contributed by atoms with E-state index in [9.17, 15) is 20.4 Å². The zero-order chi connectivity index (χ0) is 21.8. The van der Waals surface area contributed by atoms with Gasteiger partial charge in [-0.2, -0.15) is 10.5 Å². The van der Waals surface area contributed by atoms with Crippen molar-refractivity contribution in [3.63, 3.8) is 0 Å². The molecule has 30 heavy (non-hydrogen) atoms. The van der Waals surface area contributed by atoms with Crippen LogP contribution in [0, 0.1) is 22.7 Å². The summed E-state index contributed by atoms with van der Waals surface area (Å²) >= 11 is 0.951. The van der Waals surface area contributed by atoms with Crippen molar-refractivity contribution in [2.24, 2.45) is 7.05 Å². The zero-order valence-electron chi connectivity index (χ0n) is 16.2. The number of nitrogens with zero attached hydrogens (tertiary/aromatic N) is 5. The second kappa shape index (κ2) is 8.64. The Labute approximate surface area is 176 Å². The van der Waals surface area contributed by atoms with Gasteiger partial charge in [-0.3, -0.25) is 4.79 Å². The quantitative estimate of drug-likeness (QED) is 0.354. The van der Waals surface area contributed by atoms with Crippen LogP contribution in [0.2, 0.25) is 0 Å². The van der Waals surface area contributed by atoms with Gasteiger partial charge in [-0.05, 0) is 17.5 Å². The number of hydrogen-bond acceptors (Lipinski definition) is 9. The molecule has 3 rings (SSSR count). The van der Waals surface area contributed by atoms with Crippen LogP contribution in [0.1, 0.15) is 34.1 Å². The summed E-state index contributed by atoms with van der Waals surface area (Å²) in [5, 5.41) is 34.6. The summed E-state index contributed by atoms with van der Waals surface area (Å²) < 4.78 is 5.52. The van der Waals surface area contributed by atoms with Crippen LogP contribution < -0.4 is 15.5 Å². The maximum absolute atomic E-state index is 12.4. The molecule has 1 aromatic carbocycles. The lowest BCUT2D eigenvalue weighted by molar-refractivity contribution is -0.741. The molecule has 0 fully saturated rings. The van der Waals surface area contributed by atoms with Gasteiger partial charge in [0.05, 0.1) is 16.6 Å². The second-order valence-corrected chi connectivity index (χ2v) is 7.21. The fourth-order valence-electron chi connectivity index (χ4n) is 2.91. The number of hydrogen-bond donors (Lipinski definition) is 1. The van der Waals surface area contributed by atoms with Crippen LogP contribution in [-0.4, -0.2) is 21.8 Å².